The summed E-state index contributed by atoms with van der Waals surface area (Å²) < 4.78 is 5.70. The molecule has 2 rings (SSSR count). The Balaban J connectivity index is 1.85. The van der Waals surface area contributed by atoms with E-state index in [1.54, 1.807) is 0 Å². The highest BCUT2D eigenvalue weighted by Crippen LogP contribution is 2.48. The highest BCUT2D eigenvalue weighted by Gasteiger charge is 2.45. The van der Waals surface area contributed by atoms with Gasteiger partial charge in [0.1, 0.15) is 5.75 Å². The Morgan fingerprint density at radius 3 is 2.50 bits per heavy atom. The number of aryl methyl sites for hydroxylation is 1. The first-order valence-corrected chi connectivity index (χ1v) is 6.57. The number of ether oxygens (including phenoxy) is 1. The molecule has 1 saturated carbocycles. The molecule has 1 aromatic carbocycles. The maximum atomic E-state index is 10.7. The number of carbonyl (C=O) groups is 1. The van der Waals surface area contributed by atoms with Crippen LogP contribution in [0, 0.1) is 5.41 Å². The van der Waals surface area contributed by atoms with E-state index in [0.29, 0.717) is 6.61 Å². The topological polar surface area (TPSA) is 46.5 Å². The molecule has 0 aromatic heterocycles. The minimum atomic E-state index is -0.727. The van der Waals surface area contributed by atoms with Crippen LogP contribution in [0.15, 0.2) is 24.3 Å². The van der Waals surface area contributed by atoms with Crippen molar-refractivity contribution in [3.8, 4) is 5.75 Å². The Morgan fingerprint density at radius 2 is 2.00 bits per heavy atom. The van der Waals surface area contributed by atoms with Crippen LogP contribution in [0.2, 0.25) is 0 Å². The standard InChI is InChI=1S/C15H20O3/c1-2-3-12-4-6-13(7-5-12)18-11-15(8-9-15)10-14(16)17/h4-7H,2-3,8-11H2,1H3,(H,16,17). The lowest BCUT2D eigenvalue weighted by molar-refractivity contribution is -0.138. The van der Waals surface area contributed by atoms with Gasteiger partial charge >= 0.3 is 5.97 Å². The predicted octanol–water partition coefficient (Wildman–Crippen LogP) is 3.27. The summed E-state index contributed by atoms with van der Waals surface area (Å²) in [4.78, 5) is 10.7. The van der Waals surface area contributed by atoms with Gasteiger partial charge in [-0.3, -0.25) is 4.79 Å². The molecule has 0 amide bonds. The molecule has 98 valence electrons. The highest BCUT2D eigenvalue weighted by atomic mass is 16.5. The van der Waals surface area contributed by atoms with Gasteiger partial charge in [-0.2, -0.15) is 0 Å². The minimum Gasteiger partial charge on any atom is -0.493 e. The molecule has 3 nitrogen and oxygen atoms in total. The van der Waals surface area contributed by atoms with Crippen molar-refractivity contribution >= 4 is 5.97 Å². The molecule has 0 heterocycles. The van der Waals surface area contributed by atoms with E-state index in [0.717, 1.165) is 31.4 Å². The fourth-order valence-corrected chi connectivity index (χ4v) is 2.15. The number of hydrogen-bond acceptors (Lipinski definition) is 2. The Bertz CT molecular complexity index is 404. The molecule has 0 spiro atoms. The molecule has 1 fully saturated rings. The van der Waals surface area contributed by atoms with E-state index in [1.807, 2.05) is 12.1 Å². The zero-order chi connectivity index (χ0) is 13.0. The molecule has 18 heavy (non-hydrogen) atoms. The minimum absolute atomic E-state index is 0.103. The third kappa shape index (κ3) is 3.49. The molecule has 1 aliphatic carbocycles. The third-order valence-electron chi connectivity index (χ3n) is 3.49. The van der Waals surface area contributed by atoms with Crippen LogP contribution >= 0.6 is 0 Å². The molecule has 1 aliphatic rings. The zero-order valence-corrected chi connectivity index (χ0v) is 10.8. The molecule has 0 bridgehead atoms. The van der Waals surface area contributed by atoms with Crippen LogP contribution < -0.4 is 4.74 Å². The second-order valence-corrected chi connectivity index (χ2v) is 5.25. The summed E-state index contributed by atoms with van der Waals surface area (Å²) in [5, 5.41) is 8.83. The molecular weight excluding hydrogens is 228 g/mol. The lowest BCUT2D eigenvalue weighted by atomic mass is 10.0. The largest absolute Gasteiger partial charge is 0.493 e. The third-order valence-corrected chi connectivity index (χ3v) is 3.49. The Kier molecular flexibility index (Phi) is 3.90. The molecule has 0 radical (unpaired) electrons. The van der Waals surface area contributed by atoms with Crippen molar-refractivity contribution in [2.24, 2.45) is 5.41 Å². The van der Waals surface area contributed by atoms with Crippen LogP contribution in [-0.2, 0) is 11.2 Å². The Morgan fingerprint density at radius 1 is 1.33 bits per heavy atom. The quantitative estimate of drug-likeness (QED) is 0.805. The van der Waals surface area contributed by atoms with E-state index in [-0.39, 0.29) is 11.8 Å². The van der Waals surface area contributed by atoms with E-state index in [4.69, 9.17) is 9.84 Å². The Labute approximate surface area is 108 Å². The van der Waals surface area contributed by atoms with Gasteiger partial charge in [0.05, 0.1) is 13.0 Å². The summed E-state index contributed by atoms with van der Waals surface area (Å²) in [6, 6.07) is 8.11. The molecular formula is C15H20O3. The molecule has 0 aliphatic heterocycles. The van der Waals surface area contributed by atoms with Gasteiger partial charge in [-0.05, 0) is 37.0 Å². The maximum Gasteiger partial charge on any atom is 0.304 e. The van der Waals surface area contributed by atoms with Gasteiger partial charge in [-0.25, -0.2) is 0 Å². The maximum absolute atomic E-state index is 10.7. The highest BCUT2D eigenvalue weighted by molar-refractivity contribution is 5.68. The monoisotopic (exact) mass is 248 g/mol. The lowest BCUT2D eigenvalue weighted by Crippen LogP contribution is -2.17. The molecule has 0 atom stereocenters. The van der Waals surface area contributed by atoms with Gasteiger partial charge in [-0.15, -0.1) is 0 Å². The molecule has 1 N–H and O–H groups in total. The summed E-state index contributed by atoms with van der Waals surface area (Å²) in [6.45, 7) is 2.68. The van der Waals surface area contributed by atoms with Crippen molar-refractivity contribution in [3.05, 3.63) is 29.8 Å². The number of rotatable bonds is 7. The van der Waals surface area contributed by atoms with E-state index in [1.165, 1.54) is 5.56 Å². The summed E-state index contributed by atoms with van der Waals surface area (Å²) in [6.07, 6.45) is 4.38. The smallest absolute Gasteiger partial charge is 0.304 e. The first-order chi connectivity index (χ1) is 8.63. The van der Waals surface area contributed by atoms with Crippen molar-refractivity contribution in [1.29, 1.82) is 0 Å². The van der Waals surface area contributed by atoms with Gasteiger partial charge in [0.25, 0.3) is 0 Å². The molecule has 3 heteroatoms. The van der Waals surface area contributed by atoms with E-state index in [9.17, 15) is 4.79 Å². The van der Waals surface area contributed by atoms with Gasteiger partial charge < -0.3 is 9.84 Å². The van der Waals surface area contributed by atoms with Gasteiger partial charge in [0.15, 0.2) is 0 Å². The van der Waals surface area contributed by atoms with Gasteiger partial charge in [0, 0.05) is 5.41 Å². The first kappa shape index (κ1) is 12.9. The second kappa shape index (κ2) is 5.42. The number of benzene rings is 1. The number of carboxylic acid groups (broad SMARTS) is 1. The van der Waals surface area contributed by atoms with Gasteiger partial charge in [-0.1, -0.05) is 25.5 Å². The summed E-state index contributed by atoms with van der Waals surface area (Å²) >= 11 is 0. The van der Waals surface area contributed by atoms with Crippen LogP contribution in [0.4, 0.5) is 0 Å². The predicted molar refractivity (Wildman–Crippen MR) is 69.9 cm³/mol. The van der Waals surface area contributed by atoms with E-state index >= 15 is 0 Å². The fourth-order valence-electron chi connectivity index (χ4n) is 2.15. The van der Waals surface area contributed by atoms with Crippen LogP contribution in [0.5, 0.6) is 5.75 Å². The van der Waals surface area contributed by atoms with E-state index < -0.39 is 5.97 Å². The molecule has 0 saturated heterocycles. The van der Waals surface area contributed by atoms with E-state index in [2.05, 4.69) is 19.1 Å². The zero-order valence-electron chi connectivity index (χ0n) is 10.8. The lowest BCUT2D eigenvalue weighted by Gasteiger charge is -2.14. The second-order valence-electron chi connectivity index (χ2n) is 5.25. The van der Waals surface area contributed by atoms with Crippen LogP contribution in [0.3, 0.4) is 0 Å². The first-order valence-electron chi connectivity index (χ1n) is 6.57. The van der Waals surface area contributed by atoms with Crippen molar-refractivity contribution in [2.75, 3.05) is 6.61 Å². The normalized spacial score (nSPS) is 16.3. The van der Waals surface area contributed by atoms with Crippen LogP contribution in [-0.4, -0.2) is 17.7 Å². The molecule has 1 aromatic rings. The van der Waals surface area contributed by atoms with Crippen molar-refractivity contribution in [2.45, 2.75) is 39.0 Å². The fraction of sp³-hybridized carbons (Fsp3) is 0.533. The van der Waals surface area contributed by atoms with Crippen molar-refractivity contribution < 1.29 is 14.6 Å². The van der Waals surface area contributed by atoms with Gasteiger partial charge in [0.2, 0.25) is 0 Å². The number of hydrogen-bond donors (Lipinski definition) is 1. The number of aliphatic carboxylic acids is 1. The van der Waals surface area contributed by atoms with Crippen molar-refractivity contribution in [3.63, 3.8) is 0 Å². The number of carboxylic acids is 1. The Hall–Kier alpha value is -1.51. The summed E-state index contributed by atoms with van der Waals surface area (Å²) in [7, 11) is 0. The SMILES string of the molecule is CCCc1ccc(OCC2(CC(=O)O)CC2)cc1. The van der Waals surface area contributed by atoms with Crippen LogP contribution in [0.1, 0.15) is 38.2 Å². The van der Waals surface area contributed by atoms with Crippen molar-refractivity contribution in [1.82, 2.24) is 0 Å². The van der Waals surface area contributed by atoms with Crippen LogP contribution in [0.25, 0.3) is 0 Å². The average Bonchev–Trinajstić information content (AvgIpc) is 3.08. The average molecular weight is 248 g/mol. The molecule has 0 unspecified atom stereocenters. The summed E-state index contributed by atoms with van der Waals surface area (Å²) in [5.74, 6) is 0.112. The summed E-state index contributed by atoms with van der Waals surface area (Å²) in [5.41, 5.74) is 1.21.